The van der Waals surface area contributed by atoms with Crippen LogP contribution in [0.2, 0.25) is 0 Å². The molecule has 1 aromatic heterocycles. The Balaban J connectivity index is 1.36. The van der Waals surface area contributed by atoms with Crippen molar-refractivity contribution in [2.45, 2.75) is 57.8 Å². The summed E-state index contributed by atoms with van der Waals surface area (Å²) in [5.41, 5.74) is -0.872. The molecule has 2 aromatic rings. The highest BCUT2D eigenvalue weighted by molar-refractivity contribution is 8.00. The molecule has 1 aliphatic heterocycles. The van der Waals surface area contributed by atoms with Crippen LogP contribution < -0.4 is 11.0 Å². The third-order valence-electron chi connectivity index (χ3n) is 6.51. The largest absolute Gasteiger partial charge is 0.459 e. The summed E-state index contributed by atoms with van der Waals surface area (Å²) in [6.07, 6.45) is 3.88. The molecule has 1 aromatic carbocycles. The molecule has 34 heavy (non-hydrogen) atoms. The molecule has 8 nitrogen and oxygen atoms in total. The zero-order valence-electron chi connectivity index (χ0n) is 19.7. The van der Waals surface area contributed by atoms with E-state index in [0.717, 1.165) is 19.3 Å². The molecule has 2 heterocycles. The first-order valence-electron chi connectivity index (χ1n) is 11.7. The van der Waals surface area contributed by atoms with Gasteiger partial charge in [0.15, 0.2) is 0 Å². The maximum atomic E-state index is 12.8. The highest BCUT2D eigenvalue weighted by Gasteiger charge is 2.39. The molecule has 1 saturated heterocycles. The molecule has 2 aliphatic rings. The van der Waals surface area contributed by atoms with Gasteiger partial charge in [0, 0.05) is 17.5 Å². The molecular weight excluding hydrogens is 454 g/mol. The van der Waals surface area contributed by atoms with Gasteiger partial charge in [0.25, 0.3) is 5.91 Å². The molecule has 1 amide bonds. The fourth-order valence-corrected chi connectivity index (χ4v) is 5.57. The summed E-state index contributed by atoms with van der Waals surface area (Å²) in [5.74, 6) is 1.17. The number of nitrogens with zero attached hydrogens (tertiary/aromatic N) is 2. The lowest BCUT2D eigenvalue weighted by atomic mass is 9.75. The van der Waals surface area contributed by atoms with Crippen LogP contribution in [0.4, 0.5) is 5.82 Å². The Morgan fingerprint density at radius 1 is 1.21 bits per heavy atom. The van der Waals surface area contributed by atoms with Crippen molar-refractivity contribution in [1.29, 1.82) is 0 Å². The summed E-state index contributed by atoms with van der Waals surface area (Å²) in [4.78, 5) is 41.7. The van der Waals surface area contributed by atoms with E-state index >= 15 is 0 Å². The van der Waals surface area contributed by atoms with Crippen LogP contribution in [-0.4, -0.2) is 38.7 Å². The Morgan fingerprint density at radius 2 is 1.97 bits per heavy atom. The van der Waals surface area contributed by atoms with Crippen LogP contribution >= 0.6 is 11.8 Å². The minimum atomic E-state index is -0.778. The molecule has 1 N–H and O–H groups in total. The molecule has 4 rings (SSSR count). The van der Waals surface area contributed by atoms with Gasteiger partial charge in [-0.2, -0.15) is 4.98 Å². The monoisotopic (exact) mass is 485 g/mol. The van der Waals surface area contributed by atoms with Crippen molar-refractivity contribution in [1.82, 2.24) is 9.55 Å². The summed E-state index contributed by atoms with van der Waals surface area (Å²) in [7, 11) is 0. The topological polar surface area (TPSA) is 99.5 Å². The zero-order chi connectivity index (χ0) is 24.2. The van der Waals surface area contributed by atoms with Crippen molar-refractivity contribution in [2.24, 2.45) is 17.8 Å². The van der Waals surface area contributed by atoms with Gasteiger partial charge in [0.1, 0.15) is 18.1 Å². The number of ether oxygens (including phenoxy) is 2. The highest BCUT2D eigenvalue weighted by Crippen LogP contribution is 2.37. The number of benzene rings is 1. The molecule has 0 spiro atoms. The van der Waals surface area contributed by atoms with E-state index in [9.17, 15) is 14.4 Å². The lowest BCUT2D eigenvalue weighted by Gasteiger charge is -2.37. The van der Waals surface area contributed by atoms with E-state index in [-0.39, 0.29) is 23.8 Å². The first-order chi connectivity index (χ1) is 16.3. The van der Waals surface area contributed by atoms with Gasteiger partial charge in [0.2, 0.25) is 5.44 Å². The number of nitrogens with one attached hydrogen (secondary N) is 1. The van der Waals surface area contributed by atoms with Crippen LogP contribution in [0.15, 0.2) is 47.4 Å². The Bertz CT molecular complexity index is 1070. The molecule has 1 unspecified atom stereocenters. The zero-order valence-corrected chi connectivity index (χ0v) is 20.5. The summed E-state index contributed by atoms with van der Waals surface area (Å²) in [6, 6.07) is 10.2. The lowest BCUT2D eigenvalue weighted by Crippen LogP contribution is -2.38. The molecule has 0 bridgehead atoms. The average Bonchev–Trinajstić information content (AvgIpc) is 3.30. The molecule has 9 heteroatoms. The Kier molecular flexibility index (Phi) is 7.73. The molecule has 1 saturated carbocycles. The molecule has 1 aliphatic carbocycles. The number of rotatable bonds is 6. The maximum Gasteiger partial charge on any atom is 0.351 e. The van der Waals surface area contributed by atoms with Crippen LogP contribution in [0.1, 0.15) is 56.6 Å². The van der Waals surface area contributed by atoms with Crippen molar-refractivity contribution in [3.63, 3.8) is 0 Å². The standard InChI is InChI=1S/C25H31N3O5S/c1-15(2)18-10-9-16(3)13-19(18)32-23(30)24-33-21(14-34-24)28-12-11-20(27-25(28)31)26-22(29)17-7-5-4-6-8-17/h4-8,11-12,15-16,18-19,21,24H,9-10,13-14H2,1-3H3,(H,26,27,29,31)/t16-,18+,19-,21+,24?/m1/s1. The van der Waals surface area contributed by atoms with Gasteiger partial charge in [-0.3, -0.25) is 9.36 Å². The molecule has 0 radical (unpaired) electrons. The van der Waals surface area contributed by atoms with E-state index in [0.29, 0.717) is 29.1 Å². The first kappa shape index (κ1) is 24.5. The number of thioether (sulfide) groups is 1. The fraction of sp³-hybridized carbons (Fsp3) is 0.520. The number of hydrogen-bond donors (Lipinski definition) is 1. The van der Waals surface area contributed by atoms with Gasteiger partial charge in [0.05, 0.1) is 0 Å². The third-order valence-corrected chi connectivity index (χ3v) is 7.59. The average molecular weight is 486 g/mol. The van der Waals surface area contributed by atoms with Crippen molar-refractivity contribution in [3.05, 3.63) is 58.6 Å². The number of anilines is 1. The van der Waals surface area contributed by atoms with Gasteiger partial charge in [-0.1, -0.05) is 45.4 Å². The Hall–Kier alpha value is -2.65. The first-order valence-corrected chi connectivity index (χ1v) is 12.8. The SMILES string of the molecule is CC(C)[C@@H]1CC[C@@H](C)C[C@H]1OC(=O)C1O[C@H](n2ccc(NC(=O)c3ccccc3)nc2=O)CS1. The van der Waals surface area contributed by atoms with Crippen LogP contribution in [0.3, 0.4) is 0 Å². The second-order valence-electron chi connectivity index (χ2n) is 9.38. The van der Waals surface area contributed by atoms with E-state index < -0.39 is 17.4 Å². The molecular formula is C25H31N3O5S. The van der Waals surface area contributed by atoms with Crippen LogP contribution in [0.25, 0.3) is 0 Å². The van der Waals surface area contributed by atoms with E-state index in [1.165, 1.54) is 22.5 Å². The smallest absolute Gasteiger partial charge is 0.351 e. The Labute approximate surface area is 203 Å². The van der Waals surface area contributed by atoms with E-state index in [1.807, 2.05) is 6.07 Å². The number of carbonyl (C=O) groups excluding carboxylic acids is 2. The Morgan fingerprint density at radius 3 is 2.68 bits per heavy atom. The second-order valence-corrected chi connectivity index (χ2v) is 10.5. The molecule has 5 atom stereocenters. The van der Waals surface area contributed by atoms with Gasteiger partial charge in [-0.15, -0.1) is 11.8 Å². The minimum absolute atomic E-state index is 0.101. The quantitative estimate of drug-likeness (QED) is 0.615. The normalized spacial score (nSPS) is 26.9. The van der Waals surface area contributed by atoms with E-state index in [2.05, 4.69) is 31.1 Å². The summed E-state index contributed by atoms with van der Waals surface area (Å²) < 4.78 is 13.1. The summed E-state index contributed by atoms with van der Waals surface area (Å²) in [6.45, 7) is 6.53. The van der Waals surface area contributed by atoms with Crippen molar-refractivity contribution >= 4 is 29.5 Å². The van der Waals surface area contributed by atoms with Crippen molar-refractivity contribution < 1.29 is 19.1 Å². The third kappa shape index (κ3) is 5.70. The van der Waals surface area contributed by atoms with Gasteiger partial charge < -0.3 is 14.8 Å². The lowest BCUT2D eigenvalue weighted by molar-refractivity contribution is -0.166. The van der Waals surface area contributed by atoms with E-state index in [1.54, 1.807) is 30.3 Å². The van der Waals surface area contributed by atoms with Gasteiger partial charge >= 0.3 is 11.7 Å². The number of amides is 1. The van der Waals surface area contributed by atoms with Crippen molar-refractivity contribution in [2.75, 3.05) is 11.1 Å². The highest BCUT2D eigenvalue weighted by atomic mass is 32.2. The predicted octanol–water partition coefficient (Wildman–Crippen LogP) is 4.09. The molecule has 182 valence electrons. The molecule has 2 fully saturated rings. The van der Waals surface area contributed by atoms with E-state index in [4.69, 9.17) is 9.47 Å². The van der Waals surface area contributed by atoms with Gasteiger partial charge in [-0.05, 0) is 48.8 Å². The number of hydrogen-bond acceptors (Lipinski definition) is 7. The minimum Gasteiger partial charge on any atom is -0.459 e. The maximum absolute atomic E-state index is 12.8. The van der Waals surface area contributed by atoms with Gasteiger partial charge in [-0.25, -0.2) is 9.59 Å². The van der Waals surface area contributed by atoms with Crippen LogP contribution in [0, 0.1) is 17.8 Å². The fourth-order valence-electron chi connectivity index (χ4n) is 4.59. The van der Waals surface area contributed by atoms with Crippen LogP contribution in [0.5, 0.6) is 0 Å². The van der Waals surface area contributed by atoms with Crippen molar-refractivity contribution in [3.8, 4) is 0 Å². The number of aromatic nitrogens is 2. The summed E-state index contributed by atoms with van der Waals surface area (Å²) in [5, 5.41) is 2.62. The number of esters is 1. The number of carbonyl (C=O) groups is 2. The summed E-state index contributed by atoms with van der Waals surface area (Å²) >= 11 is 1.32. The predicted molar refractivity (Wildman–Crippen MR) is 130 cm³/mol. The second kappa shape index (κ2) is 10.7. The van der Waals surface area contributed by atoms with Crippen LogP contribution in [-0.2, 0) is 14.3 Å².